The molecular formula is C18H21ClN2. The van der Waals surface area contributed by atoms with E-state index in [0.717, 1.165) is 16.1 Å². The molecule has 1 fully saturated rings. The SMILES string of the molecule is Cc1cccc(C(NN)c2ccccc2C2CCC2)c1Cl. The molecule has 0 bridgehead atoms. The van der Waals surface area contributed by atoms with E-state index in [1.807, 2.05) is 19.1 Å². The Morgan fingerprint density at radius 1 is 1.10 bits per heavy atom. The van der Waals surface area contributed by atoms with Crippen molar-refractivity contribution in [3.63, 3.8) is 0 Å². The standard InChI is InChI=1S/C18H21ClN2/c1-12-6-4-11-16(17(12)19)18(21-20)15-10-3-2-9-14(15)13-7-5-8-13/h2-4,6,9-11,13,18,21H,5,7-8,20H2,1H3. The van der Waals surface area contributed by atoms with Gasteiger partial charge in [-0.25, -0.2) is 5.43 Å². The second kappa shape index (κ2) is 6.18. The molecule has 110 valence electrons. The molecule has 0 amide bonds. The lowest BCUT2D eigenvalue weighted by Crippen LogP contribution is -2.30. The highest BCUT2D eigenvalue weighted by Gasteiger charge is 2.26. The quantitative estimate of drug-likeness (QED) is 0.646. The first-order chi connectivity index (χ1) is 10.2. The van der Waals surface area contributed by atoms with Crippen molar-refractivity contribution in [2.45, 2.75) is 38.1 Å². The molecule has 1 aliphatic carbocycles. The molecule has 2 aromatic rings. The highest BCUT2D eigenvalue weighted by Crippen LogP contribution is 2.41. The Labute approximate surface area is 131 Å². The lowest BCUT2D eigenvalue weighted by Gasteiger charge is -2.30. The minimum absolute atomic E-state index is 0.0609. The second-order valence-corrected chi connectivity index (χ2v) is 6.21. The number of hydrogen-bond acceptors (Lipinski definition) is 2. The van der Waals surface area contributed by atoms with Gasteiger partial charge in [0.15, 0.2) is 0 Å². The van der Waals surface area contributed by atoms with Gasteiger partial charge < -0.3 is 0 Å². The third-order valence-electron chi connectivity index (χ3n) is 4.55. The topological polar surface area (TPSA) is 38.0 Å². The average molecular weight is 301 g/mol. The fourth-order valence-corrected chi connectivity index (χ4v) is 3.34. The summed E-state index contributed by atoms with van der Waals surface area (Å²) in [6.45, 7) is 2.03. The van der Waals surface area contributed by atoms with Crippen LogP contribution in [0.4, 0.5) is 0 Å². The summed E-state index contributed by atoms with van der Waals surface area (Å²) in [5.74, 6) is 6.54. The van der Waals surface area contributed by atoms with Crippen LogP contribution in [0.2, 0.25) is 5.02 Å². The van der Waals surface area contributed by atoms with Gasteiger partial charge in [-0.2, -0.15) is 0 Å². The smallest absolute Gasteiger partial charge is 0.0727 e. The van der Waals surface area contributed by atoms with Gasteiger partial charge in [-0.3, -0.25) is 5.84 Å². The summed E-state index contributed by atoms with van der Waals surface area (Å²) in [7, 11) is 0. The van der Waals surface area contributed by atoms with E-state index in [0.29, 0.717) is 5.92 Å². The van der Waals surface area contributed by atoms with Crippen molar-refractivity contribution in [2.75, 3.05) is 0 Å². The first kappa shape index (κ1) is 14.6. The molecule has 3 N–H and O–H groups in total. The second-order valence-electron chi connectivity index (χ2n) is 5.83. The van der Waals surface area contributed by atoms with Gasteiger partial charge in [0.1, 0.15) is 0 Å². The van der Waals surface area contributed by atoms with Crippen molar-refractivity contribution in [3.8, 4) is 0 Å². The zero-order valence-electron chi connectivity index (χ0n) is 12.3. The molecule has 1 aliphatic rings. The number of hydrogen-bond donors (Lipinski definition) is 2. The molecule has 2 aromatic carbocycles. The van der Waals surface area contributed by atoms with E-state index in [1.54, 1.807) is 0 Å². The van der Waals surface area contributed by atoms with Gasteiger partial charge in [0.2, 0.25) is 0 Å². The fraction of sp³-hybridized carbons (Fsp3) is 0.333. The van der Waals surface area contributed by atoms with Crippen LogP contribution in [0.15, 0.2) is 42.5 Å². The number of hydrazine groups is 1. The minimum Gasteiger partial charge on any atom is -0.271 e. The summed E-state index contributed by atoms with van der Waals surface area (Å²) in [4.78, 5) is 0. The van der Waals surface area contributed by atoms with E-state index in [1.165, 1.54) is 30.4 Å². The van der Waals surface area contributed by atoms with Crippen molar-refractivity contribution in [1.82, 2.24) is 5.43 Å². The Kier molecular flexibility index (Phi) is 4.29. The maximum absolute atomic E-state index is 6.50. The van der Waals surface area contributed by atoms with Crippen LogP contribution in [0, 0.1) is 6.92 Å². The van der Waals surface area contributed by atoms with E-state index in [9.17, 15) is 0 Å². The molecule has 0 heterocycles. The van der Waals surface area contributed by atoms with Gasteiger partial charge >= 0.3 is 0 Å². The molecule has 1 atom stereocenters. The van der Waals surface area contributed by atoms with Gasteiger partial charge in [0, 0.05) is 5.02 Å². The summed E-state index contributed by atoms with van der Waals surface area (Å²) in [5, 5.41) is 0.795. The summed E-state index contributed by atoms with van der Waals surface area (Å²) < 4.78 is 0. The van der Waals surface area contributed by atoms with Crippen molar-refractivity contribution < 1.29 is 0 Å². The normalized spacial score (nSPS) is 16.5. The first-order valence-electron chi connectivity index (χ1n) is 7.52. The van der Waals surface area contributed by atoms with Gasteiger partial charge in [0.05, 0.1) is 6.04 Å². The molecule has 0 aromatic heterocycles. The van der Waals surface area contributed by atoms with Gasteiger partial charge in [-0.1, -0.05) is 60.5 Å². The summed E-state index contributed by atoms with van der Waals surface area (Å²) >= 11 is 6.50. The van der Waals surface area contributed by atoms with Gasteiger partial charge in [-0.05, 0) is 47.9 Å². The molecule has 0 saturated heterocycles. The van der Waals surface area contributed by atoms with Crippen molar-refractivity contribution in [1.29, 1.82) is 0 Å². The first-order valence-corrected chi connectivity index (χ1v) is 7.90. The molecule has 0 spiro atoms. The lowest BCUT2D eigenvalue weighted by molar-refractivity contribution is 0.414. The van der Waals surface area contributed by atoms with Gasteiger partial charge in [0.25, 0.3) is 0 Å². The molecule has 1 unspecified atom stereocenters. The highest BCUT2D eigenvalue weighted by atomic mass is 35.5. The van der Waals surface area contributed by atoms with Crippen LogP contribution in [0.1, 0.15) is 53.5 Å². The predicted molar refractivity (Wildman–Crippen MR) is 88.4 cm³/mol. The average Bonchev–Trinajstić information content (AvgIpc) is 2.44. The van der Waals surface area contributed by atoms with Crippen molar-refractivity contribution in [3.05, 3.63) is 69.7 Å². The van der Waals surface area contributed by atoms with Crippen LogP contribution in [0.25, 0.3) is 0 Å². The number of rotatable bonds is 4. The number of nitrogens with one attached hydrogen (secondary N) is 1. The Hall–Kier alpha value is -1.35. The van der Waals surface area contributed by atoms with Crippen LogP contribution in [0.3, 0.4) is 0 Å². The van der Waals surface area contributed by atoms with Crippen LogP contribution in [-0.2, 0) is 0 Å². The van der Waals surface area contributed by atoms with Crippen molar-refractivity contribution >= 4 is 11.6 Å². The minimum atomic E-state index is -0.0609. The van der Waals surface area contributed by atoms with Crippen LogP contribution in [0.5, 0.6) is 0 Å². The zero-order valence-corrected chi connectivity index (χ0v) is 13.0. The zero-order chi connectivity index (χ0) is 14.8. The number of nitrogens with two attached hydrogens (primary N) is 1. The maximum Gasteiger partial charge on any atom is 0.0727 e. The monoisotopic (exact) mass is 300 g/mol. The van der Waals surface area contributed by atoms with Crippen LogP contribution >= 0.6 is 11.6 Å². The molecular weight excluding hydrogens is 280 g/mol. The van der Waals surface area contributed by atoms with E-state index < -0.39 is 0 Å². The summed E-state index contributed by atoms with van der Waals surface area (Å²) in [6, 6.07) is 14.6. The third-order valence-corrected chi connectivity index (χ3v) is 5.07. The number of aryl methyl sites for hydroxylation is 1. The van der Waals surface area contributed by atoms with E-state index in [2.05, 4.69) is 35.8 Å². The van der Waals surface area contributed by atoms with E-state index in [-0.39, 0.29) is 6.04 Å². The van der Waals surface area contributed by atoms with Crippen LogP contribution in [-0.4, -0.2) is 0 Å². The number of benzene rings is 2. The largest absolute Gasteiger partial charge is 0.271 e. The Morgan fingerprint density at radius 2 is 1.81 bits per heavy atom. The third kappa shape index (κ3) is 2.71. The lowest BCUT2D eigenvalue weighted by atomic mass is 9.76. The molecule has 2 nitrogen and oxygen atoms in total. The highest BCUT2D eigenvalue weighted by molar-refractivity contribution is 6.32. The molecule has 3 rings (SSSR count). The summed E-state index contributed by atoms with van der Waals surface area (Å²) in [6.07, 6.45) is 3.87. The molecule has 0 radical (unpaired) electrons. The van der Waals surface area contributed by atoms with Crippen molar-refractivity contribution in [2.24, 2.45) is 5.84 Å². The predicted octanol–water partition coefficient (Wildman–Crippen LogP) is 4.47. The van der Waals surface area contributed by atoms with Crippen LogP contribution < -0.4 is 11.3 Å². The fourth-order valence-electron chi connectivity index (χ4n) is 3.10. The van der Waals surface area contributed by atoms with Gasteiger partial charge in [-0.15, -0.1) is 0 Å². The Morgan fingerprint density at radius 3 is 2.48 bits per heavy atom. The molecule has 1 saturated carbocycles. The molecule has 0 aliphatic heterocycles. The Balaban J connectivity index is 2.06. The Bertz CT molecular complexity index is 635. The van der Waals surface area contributed by atoms with E-state index in [4.69, 9.17) is 17.4 Å². The number of halogens is 1. The molecule has 3 heteroatoms. The maximum atomic E-state index is 6.50. The molecule has 21 heavy (non-hydrogen) atoms. The van der Waals surface area contributed by atoms with E-state index >= 15 is 0 Å². The summed E-state index contributed by atoms with van der Waals surface area (Å²) in [5.41, 5.74) is 7.74.